The van der Waals surface area contributed by atoms with Crippen LogP contribution in [-0.4, -0.2) is 55.3 Å². The highest BCUT2D eigenvalue weighted by molar-refractivity contribution is 8.08. The van der Waals surface area contributed by atoms with Gasteiger partial charge >= 0.3 is 0 Å². The van der Waals surface area contributed by atoms with Gasteiger partial charge in [0.05, 0.1) is 34.9 Å². The first-order chi connectivity index (χ1) is 7.77. The van der Waals surface area contributed by atoms with Crippen molar-refractivity contribution in [3.63, 3.8) is 0 Å². The summed E-state index contributed by atoms with van der Waals surface area (Å²) in [6.07, 6.45) is -2.84. The van der Waals surface area contributed by atoms with Gasteiger partial charge in [-0.05, 0) is 27.7 Å². The minimum Gasteiger partial charge on any atom is -0.392 e. The standard InChI is InChI=1S/C10H22O5S2/c1-5(11)9(6(2)12)16-15-17-10(7(3)13)8(4)14/h5-14H,1-4H3. The van der Waals surface area contributed by atoms with Crippen molar-refractivity contribution in [1.29, 1.82) is 0 Å². The fourth-order valence-electron chi connectivity index (χ4n) is 1.24. The number of aliphatic hydroxyl groups is 4. The fraction of sp³-hybridized carbons (Fsp3) is 1.00. The Kier molecular flexibility index (Phi) is 8.83. The Hall–Kier alpha value is 0.500. The average Bonchev–Trinajstić information content (AvgIpc) is 2.14. The van der Waals surface area contributed by atoms with Crippen LogP contribution in [0.3, 0.4) is 0 Å². The maximum Gasteiger partial charge on any atom is 0.0836 e. The van der Waals surface area contributed by atoms with E-state index in [0.717, 1.165) is 24.1 Å². The maximum absolute atomic E-state index is 9.40. The van der Waals surface area contributed by atoms with Crippen molar-refractivity contribution in [1.82, 2.24) is 0 Å². The zero-order valence-corrected chi connectivity index (χ0v) is 12.1. The molecule has 0 heterocycles. The molecule has 0 aromatic carbocycles. The topological polar surface area (TPSA) is 90.2 Å². The van der Waals surface area contributed by atoms with Crippen LogP contribution in [0.1, 0.15) is 27.7 Å². The molecule has 4 N–H and O–H groups in total. The number of hydrogen-bond donors (Lipinski definition) is 4. The van der Waals surface area contributed by atoms with E-state index >= 15 is 0 Å². The Bertz CT molecular complexity index is 163. The van der Waals surface area contributed by atoms with Crippen molar-refractivity contribution < 1.29 is 24.1 Å². The molecule has 4 unspecified atom stereocenters. The Morgan fingerprint density at radius 3 is 1.06 bits per heavy atom. The fourth-order valence-corrected chi connectivity index (χ4v) is 2.79. The zero-order chi connectivity index (χ0) is 13.6. The molecule has 0 aliphatic heterocycles. The van der Waals surface area contributed by atoms with Gasteiger partial charge in [-0.15, -0.1) is 0 Å². The minimum atomic E-state index is -0.711. The first-order valence-corrected chi connectivity index (χ1v) is 7.09. The van der Waals surface area contributed by atoms with E-state index in [4.69, 9.17) is 3.63 Å². The van der Waals surface area contributed by atoms with Gasteiger partial charge in [0, 0.05) is 24.1 Å². The van der Waals surface area contributed by atoms with E-state index in [1.165, 1.54) is 0 Å². The summed E-state index contributed by atoms with van der Waals surface area (Å²) < 4.78 is 5.20. The SMILES string of the molecule is CC(O)C(SOSC(C(C)O)C(C)O)C(C)O. The molecule has 0 bridgehead atoms. The second-order valence-corrected chi connectivity index (χ2v) is 6.17. The van der Waals surface area contributed by atoms with E-state index in [0.29, 0.717) is 0 Å². The zero-order valence-electron chi connectivity index (χ0n) is 10.5. The quantitative estimate of drug-likeness (QED) is 0.485. The lowest BCUT2D eigenvalue weighted by atomic mass is 10.2. The van der Waals surface area contributed by atoms with Gasteiger partial charge in [-0.1, -0.05) is 0 Å². The minimum absolute atomic E-state index is 0.467. The molecular weight excluding hydrogens is 264 g/mol. The van der Waals surface area contributed by atoms with Crippen molar-refractivity contribution >= 4 is 24.1 Å². The highest BCUT2D eigenvalue weighted by Crippen LogP contribution is 2.30. The molecule has 0 aliphatic carbocycles. The van der Waals surface area contributed by atoms with Gasteiger partial charge in [-0.25, -0.2) is 3.63 Å². The second-order valence-electron chi connectivity index (χ2n) is 4.15. The molecule has 0 aliphatic rings. The normalized spacial score (nSPS) is 22.6. The first kappa shape index (κ1) is 17.5. The lowest BCUT2D eigenvalue weighted by Crippen LogP contribution is -2.32. The Morgan fingerprint density at radius 1 is 0.647 bits per heavy atom. The Labute approximate surface area is 111 Å². The van der Waals surface area contributed by atoms with Crippen LogP contribution in [0.5, 0.6) is 0 Å². The molecule has 7 heteroatoms. The van der Waals surface area contributed by atoms with Crippen molar-refractivity contribution in [2.24, 2.45) is 0 Å². The highest BCUT2D eigenvalue weighted by Gasteiger charge is 2.26. The average molecular weight is 286 g/mol. The number of hydrogen-bond acceptors (Lipinski definition) is 7. The summed E-state index contributed by atoms with van der Waals surface area (Å²) in [6, 6.07) is 0. The van der Waals surface area contributed by atoms with E-state index in [1.807, 2.05) is 0 Å². The largest absolute Gasteiger partial charge is 0.392 e. The van der Waals surface area contributed by atoms with E-state index in [9.17, 15) is 20.4 Å². The van der Waals surface area contributed by atoms with Crippen LogP contribution in [0.2, 0.25) is 0 Å². The first-order valence-electron chi connectivity index (χ1n) is 5.48. The Morgan fingerprint density at radius 2 is 0.882 bits per heavy atom. The van der Waals surface area contributed by atoms with E-state index in [2.05, 4.69) is 0 Å². The maximum atomic E-state index is 9.40. The molecule has 104 valence electrons. The summed E-state index contributed by atoms with van der Waals surface area (Å²) in [5.41, 5.74) is 0. The highest BCUT2D eigenvalue weighted by atomic mass is 32.2. The predicted octanol–water partition coefficient (Wildman–Crippen LogP) is 0.560. The smallest absolute Gasteiger partial charge is 0.0836 e. The molecule has 0 fully saturated rings. The van der Waals surface area contributed by atoms with Crippen LogP contribution in [-0.2, 0) is 3.63 Å². The summed E-state index contributed by atoms with van der Waals surface area (Å²) in [5, 5.41) is 36.7. The van der Waals surface area contributed by atoms with Gasteiger partial charge < -0.3 is 20.4 Å². The van der Waals surface area contributed by atoms with Gasteiger partial charge in [0.1, 0.15) is 0 Å². The molecule has 0 radical (unpaired) electrons. The number of aliphatic hydroxyl groups excluding tert-OH is 4. The van der Waals surface area contributed by atoms with Crippen molar-refractivity contribution in [3.8, 4) is 0 Å². The third-order valence-electron chi connectivity index (χ3n) is 2.20. The lowest BCUT2D eigenvalue weighted by Gasteiger charge is -2.24. The molecule has 0 aromatic heterocycles. The molecule has 0 saturated heterocycles. The molecule has 0 saturated carbocycles. The van der Waals surface area contributed by atoms with Crippen LogP contribution in [0.15, 0.2) is 0 Å². The Balaban J connectivity index is 4.10. The summed E-state index contributed by atoms with van der Waals surface area (Å²) in [7, 11) is 0. The third-order valence-corrected chi connectivity index (χ3v) is 4.85. The molecule has 17 heavy (non-hydrogen) atoms. The van der Waals surface area contributed by atoms with Crippen molar-refractivity contribution in [2.45, 2.75) is 62.6 Å². The monoisotopic (exact) mass is 286 g/mol. The van der Waals surface area contributed by atoms with Gasteiger partial charge in [-0.3, -0.25) is 0 Å². The van der Waals surface area contributed by atoms with Gasteiger partial charge in [0.15, 0.2) is 0 Å². The van der Waals surface area contributed by atoms with Crippen LogP contribution in [0.4, 0.5) is 0 Å². The molecule has 0 aromatic rings. The molecular formula is C10H22O5S2. The second kappa shape index (κ2) is 8.58. The van der Waals surface area contributed by atoms with Crippen LogP contribution < -0.4 is 0 Å². The molecule has 0 rings (SSSR count). The van der Waals surface area contributed by atoms with Crippen LogP contribution in [0.25, 0.3) is 0 Å². The van der Waals surface area contributed by atoms with E-state index in [1.54, 1.807) is 27.7 Å². The predicted molar refractivity (Wildman–Crippen MR) is 70.6 cm³/mol. The van der Waals surface area contributed by atoms with Crippen LogP contribution >= 0.6 is 24.1 Å². The van der Waals surface area contributed by atoms with Gasteiger partial charge in [0.25, 0.3) is 0 Å². The third kappa shape index (κ3) is 6.85. The molecule has 4 atom stereocenters. The lowest BCUT2D eigenvalue weighted by molar-refractivity contribution is 0.107. The van der Waals surface area contributed by atoms with Gasteiger partial charge in [-0.2, -0.15) is 0 Å². The summed E-state index contributed by atoms with van der Waals surface area (Å²) >= 11 is 1.88. The van der Waals surface area contributed by atoms with Crippen molar-refractivity contribution in [2.75, 3.05) is 0 Å². The van der Waals surface area contributed by atoms with Crippen LogP contribution in [0, 0.1) is 0 Å². The molecule has 5 nitrogen and oxygen atoms in total. The summed E-state index contributed by atoms with van der Waals surface area (Å²) in [5.74, 6) is 0. The number of rotatable bonds is 8. The van der Waals surface area contributed by atoms with Gasteiger partial charge in [0.2, 0.25) is 0 Å². The summed E-state index contributed by atoms with van der Waals surface area (Å²) in [4.78, 5) is 0. The van der Waals surface area contributed by atoms with E-state index < -0.39 is 34.9 Å². The molecule has 0 spiro atoms. The van der Waals surface area contributed by atoms with E-state index in [-0.39, 0.29) is 0 Å². The summed E-state index contributed by atoms with van der Waals surface area (Å²) in [6.45, 7) is 6.27. The van der Waals surface area contributed by atoms with Crippen molar-refractivity contribution in [3.05, 3.63) is 0 Å². The molecule has 0 amide bonds.